The highest BCUT2D eigenvalue weighted by molar-refractivity contribution is 9.10. The minimum atomic E-state index is -0.637. The van der Waals surface area contributed by atoms with Crippen molar-refractivity contribution in [1.29, 1.82) is 0 Å². The van der Waals surface area contributed by atoms with Gasteiger partial charge in [-0.2, -0.15) is 4.98 Å². The third-order valence-electron chi connectivity index (χ3n) is 7.51. The Labute approximate surface area is 299 Å². The molecule has 240 valence electrons. The minimum Gasteiger partial charge on any atom is -0.493 e. The molecule has 0 saturated heterocycles. The van der Waals surface area contributed by atoms with E-state index in [-0.39, 0.29) is 5.91 Å². The van der Waals surface area contributed by atoms with E-state index in [9.17, 15) is 4.79 Å². The third-order valence-corrected chi connectivity index (χ3v) is 9.85. The van der Waals surface area contributed by atoms with Crippen molar-refractivity contribution in [3.05, 3.63) is 132 Å². The molecule has 1 aromatic heterocycles. The van der Waals surface area contributed by atoms with Gasteiger partial charge in [0.05, 0.1) is 17.2 Å². The highest BCUT2D eigenvalue weighted by atomic mass is 79.9. The molecule has 1 amide bonds. The number of methoxy groups -OCH3 is 1. The first-order valence-corrected chi connectivity index (χ1v) is 17.6. The smallest absolute Gasteiger partial charge is 0.255 e. The van der Waals surface area contributed by atoms with Gasteiger partial charge in [-0.3, -0.25) is 4.79 Å². The maximum absolute atomic E-state index is 14.1. The van der Waals surface area contributed by atoms with Gasteiger partial charge in [-0.1, -0.05) is 81.8 Å². The number of nitrogens with zero attached hydrogens (tertiary/aromatic N) is 3. The van der Waals surface area contributed by atoms with Crippen LogP contribution in [0, 0.1) is 6.92 Å². The predicted molar refractivity (Wildman–Crippen MR) is 194 cm³/mol. The second-order valence-electron chi connectivity index (χ2n) is 10.9. The minimum absolute atomic E-state index is 0.262. The molecule has 2 heterocycles. The van der Waals surface area contributed by atoms with Crippen LogP contribution in [0.5, 0.6) is 11.5 Å². The zero-order valence-corrected chi connectivity index (χ0v) is 30.4. The lowest BCUT2D eigenvalue weighted by Gasteiger charge is -2.29. The summed E-state index contributed by atoms with van der Waals surface area (Å²) in [6.07, 6.45) is 0. The van der Waals surface area contributed by atoms with E-state index in [1.54, 1.807) is 11.8 Å². The molecule has 5 aromatic rings. The average molecular weight is 796 g/mol. The normalized spacial score (nSPS) is 14.0. The zero-order valence-electron chi connectivity index (χ0n) is 25.7. The molecular weight excluding hydrogens is 766 g/mol. The number of hydrogen-bond acceptors (Lipinski definition) is 7. The van der Waals surface area contributed by atoms with Crippen LogP contribution in [0.4, 0.5) is 11.6 Å². The number of hydrogen-bond donors (Lipinski definition) is 2. The van der Waals surface area contributed by atoms with Crippen molar-refractivity contribution in [2.24, 2.45) is 0 Å². The van der Waals surface area contributed by atoms with Crippen molar-refractivity contribution in [2.75, 3.05) is 17.7 Å². The molecular formula is C35H30Br2ClN5O3S. The lowest BCUT2D eigenvalue weighted by Crippen LogP contribution is -2.31. The third kappa shape index (κ3) is 7.54. The molecule has 1 aliphatic rings. The van der Waals surface area contributed by atoms with Crippen LogP contribution in [0.25, 0.3) is 0 Å². The first kappa shape index (κ1) is 33.1. The van der Waals surface area contributed by atoms with Gasteiger partial charge in [0.15, 0.2) is 11.5 Å². The maximum atomic E-state index is 14.1. The Morgan fingerprint density at radius 3 is 2.62 bits per heavy atom. The van der Waals surface area contributed by atoms with Gasteiger partial charge in [-0.05, 0) is 94.5 Å². The van der Waals surface area contributed by atoms with E-state index in [2.05, 4.69) is 42.5 Å². The Morgan fingerprint density at radius 2 is 1.85 bits per heavy atom. The molecule has 0 fully saturated rings. The monoisotopic (exact) mass is 793 g/mol. The van der Waals surface area contributed by atoms with Crippen LogP contribution in [0.1, 0.15) is 35.2 Å². The first-order chi connectivity index (χ1) is 22.7. The molecule has 1 atom stereocenters. The lowest BCUT2D eigenvalue weighted by molar-refractivity contribution is -0.113. The standard InChI is InChI=1S/C35H30Br2ClN5O3S/c1-20-8-6-12-26(14-20)40-33(44)30-21(2)39-34-41-35(47-19-23-10-4-5-13-28(23)38)42-43(34)31(30)24-16-27(37)32(29(17-24)45-3)46-18-22-9-7-11-25(36)15-22/h4-17,31H,18-19H2,1-3H3,(H,40,44)(H,39,41,42). The van der Waals surface area contributed by atoms with Crippen LogP contribution in [0.15, 0.2) is 110 Å². The highest BCUT2D eigenvalue weighted by Crippen LogP contribution is 2.44. The number of thioether (sulfide) groups is 1. The van der Waals surface area contributed by atoms with Gasteiger partial charge in [0.25, 0.3) is 5.91 Å². The summed E-state index contributed by atoms with van der Waals surface area (Å²) in [5.74, 6) is 1.90. The van der Waals surface area contributed by atoms with Gasteiger partial charge in [0.2, 0.25) is 11.1 Å². The maximum Gasteiger partial charge on any atom is 0.255 e. The lowest BCUT2D eigenvalue weighted by atomic mass is 9.94. The summed E-state index contributed by atoms with van der Waals surface area (Å²) < 4.78 is 15.5. The SMILES string of the molecule is COc1cc(C2C(C(=O)Nc3cccc(C)c3)=C(C)Nc3nc(SCc4ccccc4Cl)nn32)cc(Br)c1OCc1cccc(Br)c1. The average Bonchev–Trinajstić information content (AvgIpc) is 3.45. The molecule has 12 heteroatoms. The molecule has 47 heavy (non-hydrogen) atoms. The number of carbonyl (C=O) groups is 1. The van der Waals surface area contributed by atoms with E-state index < -0.39 is 6.04 Å². The molecule has 4 aromatic carbocycles. The Balaban J connectivity index is 1.38. The second-order valence-corrected chi connectivity index (χ2v) is 14.0. The van der Waals surface area contributed by atoms with Crippen LogP contribution < -0.4 is 20.1 Å². The van der Waals surface area contributed by atoms with E-state index >= 15 is 0 Å². The van der Waals surface area contributed by atoms with Crippen molar-refractivity contribution in [3.63, 3.8) is 0 Å². The summed E-state index contributed by atoms with van der Waals surface area (Å²) in [5.41, 5.74) is 5.63. The molecule has 6 rings (SSSR count). The number of aryl methyl sites for hydroxylation is 1. The van der Waals surface area contributed by atoms with Crippen LogP contribution in [0.2, 0.25) is 5.02 Å². The molecule has 0 aliphatic carbocycles. The summed E-state index contributed by atoms with van der Waals surface area (Å²) in [4.78, 5) is 18.9. The van der Waals surface area contributed by atoms with Crippen molar-refractivity contribution < 1.29 is 14.3 Å². The van der Waals surface area contributed by atoms with E-state index in [4.69, 9.17) is 31.2 Å². The summed E-state index contributed by atoms with van der Waals surface area (Å²) in [7, 11) is 1.59. The Kier molecular flexibility index (Phi) is 10.3. The summed E-state index contributed by atoms with van der Waals surface area (Å²) in [6, 6.07) is 26.5. The molecule has 1 aliphatic heterocycles. The van der Waals surface area contributed by atoms with E-state index in [1.807, 2.05) is 98.8 Å². The number of halogens is 3. The Bertz CT molecular complexity index is 2000. The van der Waals surface area contributed by atoms with Gasteiger partial charge in [-0.25, -0.2) is 4.68 Å². The van der Waals surface area contributed by atoms with Gasteiger partial charge in [-0.15, -0.1) is 5.10 Å². The molecule has 2 N–H and O–H groups in total. The quantitative estimate of drug-likeness (QED) is 0.136. The van der Waals surface area contributed by atoms with Crippen LogP contribution in [-0.4, -0.2) is 27.8 Å². The topological polar surface area (TPSA) is 90.3 Å². The summed E-state index contributed by atoms with van der Waals surface area (Å²) in [6.45, 7) is 4.19. The van der Waals surface area contributed by atoms with Crippen LogP contribution >= 0.6 is 55.2 Å². The number of anilines is 2. The van der Waals surface area contributed by atoms with Crippen molar-refractivity contribution >= 4 is 72.8 Å². The van der Waals surface area contributed by atoms with E-state index in [0.717, 1.165) is 26.7 Å². The number of benzene rings is 4. The Morgan fingerprint density at radius 1 is 1.04 bits per heavy atom. The van der Waals surface area contributed by atoms with Gasteiger partial charge < -0.3 is 20.1 Å². The number of amides is 1. The van der Waals surface area contributed by atoms with Gasteiger partial charge in [0, 0.05) is 26.6 Å². The van der Waals surface area contributed by atoms with Gasteiger partial charge >= 0.3 is 0 Å². The van der Waals surface area contributed by atoms with Crippen molar-refractivity contribution in [2.45, 2.75) is 37.4 Å². The summed E-state index contributed by atoms with van der Waals surface area (Å²) in [5, 5.41) is 12.5. The van der Waals surface area contributed by atoms with E-state index in [1.165, 1.54) is 11.8 Å². The summed E-state index contributed by atoms with van der Waals surface area (Å²) >= 11 is 15.1. The van der Waals surface area contributed by atoms with Crippen molar-refractivity contribution in [3.8, 4) is 11.5 Å². The molecule has 0 saturated carbocycles. The number of ether oxygens (including phenoxy) is 2. The molecule has 8 nitrogen and oxygen atoms in total. The zero-order chi connectivity index (χ0) is 33.1. The largest absolute Gasteiger partial charge is 0.493 e. The Hall–Kier alpha value is -3.77. The van der Waals surface area contributed by atoms with Crippen LogP contribution in [-0.2, 0) is 17.2 Å². The fourth-order valence-corrected chi connectivity index (χ4v) is 7.43. The predicted octanol–water partition coefficient (Wildman–Crippen LogP) is 9.57. The molecule has 0 radical (unpaired) electrons. The number of aromatic nitrogens is 3. The molecule has 1 unspecified atom stereocenters. The van der Waals surface area contributed by atoms with Crippen LogP contribution in [0.3, 0.4) is 0 Å². The second kappa shape index (κ2) is 14.6. The first-order valence-electron chi connectivity index (χ1n) is 14.6. The van der Waals surface area contributed by atoms with E-state index in [0.29, 0.717) is 61.4 Å². The fourth-order valence-electron chi connectivity index (χ4n) is 5.29. The number of nitrogens with one attached hydrogen (secondary N) is 2. The molecule has 0 spiro atoms. The molecule has 0 bridgehead atoms. The highest BCUT2D eigenvalue weighted by Gasteiger charge is 2.35. The van der Waals surface area contributed by atoms with Gasteiger partial charge in [0.1, 0.15) is 12.6 Å². The number of allylic oxidation sites excluding steroid dienone is 1. The fraction of sp³-hybridized carbons (Fsp3) is 0.171. The van der Waals surface area contributed by atoms with Crippen molar-refractivity contribution in [1.82, 2.24) is 14.8 Å². The number of carbonyl (C=O) groups excluding carboxylic acids is 1. The number of fused-ring (bicyclic) bond motifs is 1. The number of rotatable bonds is 10.